The molecule has 1 saturated carbocycles. The minimum absolute atomic E-state index is 0.0376. The largest absolute Gasteiger partial charge is 0.484 e. The highest BCUT2D eigenvalue weighted by Crippen LogP contribution is 2.37. The lowest BCUT2D eigenvalue weighted by molar-refractivity contribution is -0.384. The normalized spacial score (nSPS) is 16.1. The molecule has 1 heterocycles. The summed E-state index contributed by atoms with van der Waals surface area (Å²) in [6, 6.07) is 9.18. The number of piperazine rings is 1. The molecule has 0 spiro atoms. The van der Waals surface area contributed by atoms with E-state index in [-0.39, 0.29) is 56.2 Å². The van der Waals surface area contributed by atoms with Gasteiger partial charge in [0.05, 0.1) is 10.5 Å². The number of hydrogen-bond donors (Lipinski definition) is 1. The first-order chi connectivity index (χ1) is 16.6. The van der Waals surface area contributed by atoms with Gasteiger partial charge < -0.3 is 19.9 Å². The predicted molar refractivity (Wildman–Crippen MR) is 120 cm³/mol. The molecule has 4 rings (SSSR count). The summed E-state index contributed by atoms with van der Waals surface area (Å²) in [5.74, 6) is 0.151. The second-order valence-electron chi connectivity index (χ2n) is 8.41. The van der Waals surface area contributed by atoms with Gasteiger partial charge in [-0.2, -0.15) is 13.2 Å². The van der Waals surface area contributed by atoms with Crippen molar-refractivity contribution < 1.29 is 32.4 Å². The van der Waals surface area contributed by atoms with Crippen molar-refractivity contribution in [3.63, 3.8) is 0 Å². The van der Waals surface area contributed by atoms with E-state index in [1.54, 1.807) is 29.2 Å². The molecule has 2 aromatic carbocycles. The van der Waals surface area contributed by atoms with Crippen molar-refractivity contribution in [2.75, 3.05) is 43.0 Å². The quantitative estimate of drug-likeness (QED) is 0.467. The summed E-state index contributed by atoms with van der Waals surface area (Å²) in [4.78, 5) is 38.1. The molecule has 2 aromatic rings. The van der Waals surface area contributed by atoms with Crippen LogP contribution in [0.4, 0.5) is 30.2 Å². The summed E-state index contributed by atoms with van der Waals surface area (Å²) in [6.07, 6.45) is -2.91. The first-order valence-corrected chi connectivity index (χ1v) is 11.0. The molecule has 0 atom stereocenters. The van der Waals surface area contributed by atoms with Gasteiger partial charge >= 0.3 is 6.18 Å². The lowest BCUT2D eigenvalue weighted by Crippen LogP contribution is -2.50. The number of benzene rings is 2. The zero-order chi connectivity index (χ0) is 25.2. The van der Waals surface area contributed by atoms with Crippen LogP contribution in [-0.2, 0) is 15.8 Å². The van der Waals surface area contributed by atoms with E-state index in [0.29, 0.717) is 17.5 Å². The van der Waals surface area contributed by atoms with Gasteiger partial charge in [-0.25, -0.2) is 0 Å². The molecule has 9 nitrogen and oxygen atoms in total. The summed E-state index contributed by atoms with van der Waals surface area (Å²) >= 11 is 0. The van der Waals surface area contributed by atoms with Crippen molar-refractivity contribution >= 4 is 28.9 Å². The average Bonchev–Trinajstić information content (AvgIpc) is 3.68. The number of alkyl halides is 3. The maximum atomic E-state index is 12.9. The molecule has 1 aliphatic carbocycles. The Labute approximate surface area is 198 Å². The van der Waals surface area contributed by atoms with E-state index in [2.05, 4.69) is 5.32 Å². The SMILES string of the molecule is O=C(Nc1cccc(OCC(=O)N2CCN(c3ccc(C(F)(F)F)cc3[N+](=O)[O-])CC2)c1)C1CC1. The average molecular weight is 492 g/mol. The van der Waals surface area contributed by atoms with E-state index in [0.717, 1.165) is 25.0 Å². The third-order valence-electron chi connectivity index (χ3n) is 5.88. The van der Waals surface area contributed by atoms with Gasteiger partial charge in [0.1, 0.15) is 11.4 Å². The maximum absolute atomic E-state index is 12.9. The molecule has 1 N–H and O–H groups in total. The molecular weight excluding hydrogens is 469 g/mol. The van der Waals surface area contributed by atoms with E-state index in [9.17, 15) is 32.9 Å². The number of carbonyl (C=O) groups is 2. The zero-order valence-corrected chi connectivity index (χ0v) is 18.6. The Balaban J connectivity index is 1.32. The molecular formula is C23H23F3N4O5. The Morgan fingerprint density at radius 3 is 2.43 bits per heavy atom. The van der Waals surface area contributed by atoms with Gasteiger partial charge in [-0.3, -0.25) is 19.7 Å². The molecule has 2 fully saturated rings. The third kappa shape index (κ3) is 6.00. The first kappa shape index (κ1) is 24.3. The predicted octanol–water partition coefficient (Wildman–Crippen LogP) is 3.69. The number of anilines is 2. The van der Waals surface area contributed by atoms with E-state index in [1.807, 2.05) is 0 Å². The number of nitro groups is 1. The van der Waals surface area contributed by atoms with Crippen LogP contribution in [0.2, 0.25) is 0 Å². The van der Waals surface area contributed by atoms with Crippen LogP contribution in [0.3, 0.4) is 0 Å². The molecule has 0 bridgehead atoms. The van der Waals surface area contributed by atoms with Crippen molar-refractivity contribution in [2.45, 2.75) is 19.0 Å². The smallest absolute Gasteiger partial charge is 0.416 e. The molecule has 0 unspecified atom stereocenters. The van der Waals surface area contributed by atoms with Crippen LogP contribution in [0.5, 0.6) is 5.75 Å². The molecule has 2 aliphatic rings. The summed E-state index contributed by atoms with van der Waals surface area (Å²) in [7, 11) is 0. The van der Waals surface area contributed by atoms with Crippen molar-refractivity contribution in [3.05, 3.63) is 58.1 Å². The van der Waals surface area contributed by atoms with Gasteiger partial charge in [0.25, 0.3) is 11.6 Å². The van der Waals surface area contributed by atoms with E-state index in [4.69, 9.17) is 4.74 Å². The summed E-state index contributed by atoms with van der Waals surface area (Å²) < 4.78 is 44.4. The number of ether oxygens (including phenoxy) is 1. The van der Waals surface area contributed by atoms with Gasteiger partial charge in [-0.1, -0.05) is 6.07 Å². The lowest BCUT2D eigenvalue weighted by Gasteiger charge is -2.35. The Bertz CT molecular complexity index is 1130. The molecule has 0 radical (unpaired) electrons. The van der Waals surface area contributed by atoms with Crippen molar-refractivity contribution in [3.8, 4) is 5.75 Å². The van der Waals surface area contributed by atoms with Gasteiger partial charge in [0.2, 0.25) is 5.91 Å². The molecule has 0 aromatic heterocycles. The Hall–Kier alpha value is -3.83. The molecule has 1 saturated heterocycles. The second kappa shape index (κ2) is 9.80. The summed E-state index contributed by atoms with van der Waals surface area (Å²) in [5, 5.41) is 14.2. The van der Waals surface area contributed by atoms with Crippen molar-refractivity contribution in [1.82, 2.24) is 4.90 Å². The number of nitro benzene ring substituents is 1. The highest BCUT2D eigenvalue weighted by Gasteiger charge is 2.34. The van der Waals surface area contributed by atoms with Crippen molar-refractivity contribution in [2.24, 2.45) is 5.92 Å². The second-order valence-corrected chi connectivity index (χ2v) is 8.41. The molecule has 12 heteroatoms. The van der Waals surface area contributed by atoms with Gasteiger partial charge in [-0.15, -0.1) is 0 Å². The molecule has 186 valence electrons. The fraction of sp³-hybridized carbons (Fsp3) is 0.391. The summed E-state index contributed by atoms with van der Waals surface area (Å²) in [6.45, 7) is 0.678. The van der Waals surface area contributed by atoms with Crippen LogP contribution in [0, 0.1) is 16.0 Å². The number of halogens is 3. The number of hydrogen-bond acceptors (Lipinski definition) is 6. The standard InChI is InChI=1S/C23H23F3N4O5/c24-23(25,26)16-6-7-19(20(12-16)30(33)34)28-8-10-29(11-9-28)21(31)14-35-18-3-1-2-17(13-18)27-22(32)15-4-5-15/h1-3,6-7,12-13,15H,4-5,8-11,14H2,(H,27,32). The van der Waals surface area contributed by atoms with Crippen LogP contribution in [0.1, 0.15) is 18.4 Å². The third-order valence-corrected chi connectivity index (χ3v) is 5.88. The van der Waals surface area contributed by atoms with Crippen molar-refractivity contribution in [1.29, 1.82) is 0 Å². The van der Waals surface area contributed by atoms with Crippen LogP contribution in [-0.4, -0.2) is 54.4 Å². The van der Waals surface area contributed by atoms with Crippen LogP contribution < -0.4 is 15.0 Å². The minimum Gasteiger partial charge on any atom is -0.484 e. The fourth-order valence-electron chi connectivity index (χ4n) is 3.80. The summed E-state index contributed by atoms with van der Waals surface area (Å²) in [5.41, 5.74) is -1.05. The van der Waals surface area contributed by atoms with Gasteiger partial charge in [0.15, 0.2) is 6.61 Å². The Morgan fingerprint density at radius 2 is 1.80 bits per heavy atom. The molecule has 1 aliphatic heterocycles. The minimum atomic E-state index is -4.68. The first-order valence-electron chi connectivity index (χ1n) is 11.0. The topological polar surface area (TPSA) is 105 Å². The highest BCUT2D eigenvalue weighted by molar-refractivity contribution is 5.94. The van der Waals surface area contributed by atoms with E-state index >= 15 is 0 Å². The van der Waals surface area contributed by atoms with Crippen LogP contribution >= 0.6 is 0 Å². The van der Waals surface area contributed by atoms with E-state index < -0.39 is 22.4 Å². The van der Waals surface area contributed by atoms with Gasteiger partial charge in [0, 0.05) is 49.9 Å². The molecule has 35 heavy (non-hydrogen) atoms. The van der Waals surface area contributed by atoms with Crippen LogP contribution in [0.15, 0.2) is 42.5 Å². The number of rotatable bonds is 7. The number of nitrogens with zero attached hydrogens (tertiary/aromatic N) is 3. The molecule has 2 amide bonds. The number of carbonyl (C=O) groups excluding carboxylic acids is 2. The van der Waals surface area contributed by atoms with E-state index in [1.165, 1.54) is 4.90 Å². The highest BCUT2D eigenvalue weighted by atomic mass is 19.4. The monoisotopic (exact) mass is 492 g/mol. The van der Waals surface area contributed by atoms with Gasteiger partial charge in [-0.05, 0) is 37.1 Å². The Kier molecular flexibility index (Phi) is 6.81. The maximum Gasteiger partial charge on any atom is 0.416 e. The Morgan fingerprint density at radius 1 is 1.09 bits per heavy atom. The number of amides is 2. The van der Waals surface area contributed by atoms with Crippen LogP contribution in [0.25, 0.3) is 0 Å². The lowest BCUT2D eigenvalue weighted by atomic mass is 10.1. The fourth-order valence-corrected chi connectivity index (χ4v) is 3.80. The number of nitrogens with one attached hydrogen (secondary N) is 1. The zero-order valence-electron chi connectivity index (χ0n) is 18.6.